The first-order chi connectivity index (χ1) is 9.02. The maximum atomic E-state index is 12.1. The average molecular weight is 291 g/mol. The number of rotatable bonds is 3. The number of aromatic hydroxyl groups is 1. The zero-order valence-electron chi connectivity index (χ0n) is 10.4. The minimum atomic E-state index is -0.143. The lowest BCUT2D eigenvalue weighted by molar-refractivity contribution is -0.121. The van der Waals surface area contributed by atoms with E-state index < -0.39 is 0 Å². The second-order valence-corrected chi connectivity index (χ2v) is 5.82. The number of phenolic OH excluding ortho intramolecular Hbond substituents is 1. The molecule has 0 unspecified atom stereocenters. The highest BCUT2D eigenvalue weighted by Crippen LogP contribution is 2.34. The molecule has 5 heteroatoms. The number of phenols is 1. The minimum absolute atomic E-state index is 0.143. The second-order valence-electron chi connectivity index (χ2n) is 4.14. The van der Waals surface area contributed by atoms with Crippen LogP contribution in [0, 0.1) is 6.92 Å². The first-order valence-corrected chi connectivity index (χ1v) is 6.91. The fourth-order valence-electron chi connectivity index (χ4n) is 1.72. The van der Waals surface area contributed by atoms with E-state index in [-0.39, 0.29) is 11.7 Å². The second kappa shape index (κ2) is 5.59. The van der Waals surface area contributed by atoms with E-state index in [1.54, 1.807) is 18.2 Å². The van der Waals surface area contributed by atoms with Crippen molar-refractivity contribution in [2.75, 3.05) is 6.54 Å². The number of hydrogen-bond donors (Lipinski definition) is 1. The van der Waals surface area contributed by atoms with Gasteiger partial charge >= 0.3 is 0 Å². The Hall–Kier alpha value is -1.59. The number of hydrogen-bond acceptors (Lipinski definition) is 4. The molecule has 0 saturated carbocycles. The summed E-state index contributed by atoms with van der Waals surface area (Å²) in [6.45, 7) is 5.94. The lowest BCUT2D eigenvalue weighted by Crippen LogP contribution is -2.27. The Balaban J connectivity index is 2.34. The zero-order valence-corrected chi connectivity index (χ0v) is 12.1. The third-order valence-electron chi connectivity index (χ3n) is 2.65. The van der Waals surface area contributed by atoms with E-state index in [9.17, 15) is 9.90 Å². The van der Waals surface area contributed by atoms with Crippen molar-refractivity contribution < 1.29 is 9.90 Å². The van der Waals surface area contributed by atoms with Crippen molar-refractivity contribution in [3.8, 4) is 5.75 Å². The maximum absolute atomic E-state index is 12.1. The van der Waals surface area contributed by atoms with Crippen molar-refractivity contribution in [3.05, 3.63) is 46.9 Å². The SMILES string of the molecule is C=CCN1C(=O)C(=Cc2cc(C)ccc2O)SC1=S. The van der Waals surface area contributed by atoms with E-state index in [1.807, 2.05) is 19.1 Å². The van der Waals surface area contributed by atoms with E-state index in [0.717, 1.165) is 5.56 Å². The minimum Gasteiger partial charge on any atom is -0.507 e. The van der Waals surface area contributed by atoms with Gasteiger partial charge in [-0.05, 0) is 25.1 Å². The summed E-state index contributed by atoms with van der Waals surface area (Å²) in [6.07, 6.45) is 3.31. The fourth-order valence-corrected chi connectivity index (χ4v) is 2.98. The van der Waals surface area contributed by atoms with Gasteiger partial charge in [0.25, 0.3) is 5.91 Å². The van der Waals surface area contributed by atoms with Gasteiger partial charge < -0.3 is 5.11 Å². The third-order valence-corrected chi connectivity index (χ3v) is 4.03. The first kappa shape index (κ1) is 13.8. The Labute approximate surface area is 121 Å². The van der Waals surface area contributed by atoms with Gasteiger partial charge in [-0.3, -0.25) is 9.69 Å². The van der Waals surface area contributed by atoms with Gasteiger partial charge in [0.05, 0.1) is 4.91 Å². The molecule has 3 nitrogen and oxygen atoms in total. The van der Waals surface area contributed by atoms with Gasteiger partial charge in [-0.25, -0.2) is 0 Å². The normalized spacial score (nSPS) is 17.3. The van der Waals surface area contributed by atoms with E-state index in [4.69, 9.17) is 12.2 Å². The quantitative estimate of drug-likeness (QED) is 0.528. The molecule has 1 aliphatic rings. The molecule has 0 spiro atoms. The largest absolute Gasteiger partial charge is 0.507 e. The highest BCUT2D eigenvalue weighted by Gasteiger charge is 2.31. The monoisotopic (exact) mass is 291 g/mol. The summed E-state index contributed by atoms with van der Waals surface area (Å²) >= 11 is 6.39. The van der Waals surface area contributed by atoms with E-state index in [1.165, 1.54) is 16.7 Å². The highest BCUT2D eigenvalue weighted by atomic mass is 32.2. The van der Waals surface area contributed by atoms with Crippen LogP contribution in [0.25, 0.3) is 6.08 Å². The number of thioether (sulfide) groups is 1. The Morgan fingerprint density at radius 3 is 2.95 bits per heavy atom. The van der Waals surface area contributed by atoms with Crippen LogP contribution < -0.4 is 0 Å². The number of nitrogens with zero attached hydrogens (tertiary/aromatic N) is 1. The smallest absolute Gasteiger partial charge is 0.266 e. The summed E-state index contributed by atoms with van der Waals surface area (Å²) in [5.74, 6) is 0.00963. The molecule has 1 saturated heterocycles. The van der Waals surface area contributed by atoms with E-state index >= 15 is 0 Å². The molecule has 19 heavy (non-hydrogen) atoms. The van der Waals surface area contributed by atoms with Gasteiger partial charge in [-0.1, -0.05) is 41.7 Å². The predicted octanol–water partition coefficient (Wildman–Crippen LogP) is 3.09. The summed E-state index contributed by atoms with van der Waals surface area (Å²) < 4.78 is 0.517. The summed E-state index contributed by atoms with van der Waals surface area (Å²) in [5.41, 5.74) is 1.64. The number of benzene rings is 1. The molecule has 98 valence electrons. The lowest BCUT2D eigenvalue weighted by atomic mass is 10.1. The van der Waals surface area contributed by atoms with Crippen molar-refractivity contribution in [1.29, 1.82) is 0 Å². The Bertz CT molecular complexity index is 593. The van der Waals surface area contributed by atoms with Crippen LogP contribution in [0.4, 0.5) is 0 Å². The molecule has 0 radical (unpaired) electrons. The van der Waals surface area contributed by atoms with Crippen LogP contribution in [0.5, 0.6) is 5.75 Å². The van der Waals surface area contributed by atoms with E-state index in [2.05, 4.69) is 6.58 Å². The number of aryl methyl sites for hydroxylation is 1. The van der Waals surface area contributed by atoms with Gasteiger partial charge in [0.2, 0.25) is 0 Å². The topological polar surface area (TPSA) is 40.5 Å². The van der Waals surface area contributed by atoms with Crippen molar-refractivity contribution in [2.24, 2.45) is 0 Å². The summed E-state index contributed by atoms with van der Waals surface area (Å²) in [7, 11) is 0. The van der Waals surface area contributed by atoms with Crippen LogP contribution in [0.3, 0.4) is 0 Å². The van der Waals surface area contributed by atoms with Gasteiger partial charge in [0.15, 0.2) is 0 Å². The standard InChI is InChI=1S/C14H13NO2S2/c1-3-6-15-13(17)12(19-14(15)18)8-10-7-9(2)4-5-11(10)16/h3-5,7-8,16H,1,6H2,2H3. The molecular weight excluding hydrogens is 278 g/mol. The molecule has 0 aliphatic carbocycles. The van der Waals surface area contributed by atoms with Crippen LogP contribution in [0.2, 0.25) is 0 Å². The molecule has 0 atom stereocenters. The van der Waals surface area contributed by atoms with Crippen LogP contribution in [-0.2, 0) is 4.79 Å². The molecule has 1 aromatic rings. The molecule has 0 aromatic heterocycles. The van der Waals surface area contributed by atoms with Gasteiger partial charge in [0, 0.05) is 12.1 Å². The van der Waals surface area contributed by atoms with Crippen molar-refractivity contribution in [2.45, 2.75) is 6.92 Å². The molecule has 1 heterocycles. The van der Waals surface area contributed by atoms with Crippen LogP contribution in [0.15, 0.2) is 35.8 Å². The molecule has 1 fully saturated rings. The number of amides is 1. The molecule has 1 amide bonds. The summed E-state index contributed by atoms with van der Waals surface area (Å²) in [5, 5.41) is 9.79. The molecule has 1 N–H and O–H groups in total. The number of carbonyl (C=O) groups is 1. The fraction of sp³-hybridized carbons (Fsp3) is 0.143. The number of carbonyl (C=O) groups excluding carboxylic acids is 1. The van der Waals surface area contributed by atoms with E-state index in [0.29, 0.717) is 21.3 Å². The van der Waals surface area contributed by atoms with Crippen molar-refractivity contribution in [1.82, 2.24) is 4.90 Å². The molecule has 0 bridgehead atoms. The van der Waals surface area contributed by atoms with Crippen LogP contribution in [-0.4, -0.2) is 26.8 Å². The Morgan fingerprint density at radius 2 is 2.26 bits per heavy atom. The molecule has 1 aliphatic heterocycles. The van der Waals surface area contributed by atoms with Crippen molar-refractivity contribution in [3.63, 3.8) is 0 Å². The molecule has 2 rings (SSSR count). The molecule has 1 aromatic carbocycles. The zero-order chi connectivity index (χ0) is 14.0. The lowest BCUT2D eigenvalue weighted by Gasteiger charge is -2.10. The number of thiocarbonyl (C=S) groups is 1. The Morgan fingerprint density at radius 1 is 1.53 bits per heavy atom. The maximum Gasteiger partial charge on any atom is 0.266 e. The summed E-state index contributed by atoms with van der Waals surface area (Å²) in [4.78, 5) is 14.1. The van der Waals surface area contributed by atoms with Gasteiger partial charge in [-0.2, -0.15) is 0 Å². The highest BCUT2D eigenvalue weighted by molar-refractivity contribution is 8.26. The predicted molar refractivity (Wildman–Crippen MR) is 82.9 cm³/mol. The van der Waals surface area contributed by atoms with Gasteiger partial charge in [-0.15, -0.1) is 6.58 Å². The first-order valence-electron chi connectivity index (χ1n) is 5.69. The molecular formula is C14H13NO2S2. The van der Waals surface area contributed by atoms with Crippen LogP contribution >= 0.6 is 24.0 Å². The van der Waals surface area contributed by atoms with Crippen LogP contribution in [0.1, 0.15) is 11.1 Å². The average Bonchev–Trinajstić information content (AvgIpc) is 2.62. The Kier molecular flexibility index (Phi) is 4.07. The van der Waals surface area contributed by atoms with Gasteiger partial charge in [0.1, 0.15) is 10.1 Å². The third kappa shape index (κ3) is 2.88. The summed E-state index contributed by atoms with van der Waals surface area (Å²) in [6, 6.07) is 5.26. The van der Waals surface area contributed by atoms with Crippen molar-refractivity contribution >= 4 is 40.3 Å².